The predicted octanol–water partition coefficient (Wildman–Crippen LogP) is 3.71. The van der Waals surface area contributed by atoms with E-state index in [2.05, 4.69) is 0 Å². The Balaban J connectivity index is 3.19. The number of halogens is 3. The fourth-order valence-corrected chi connectivity index (χ4v) is 1.66. The minimum absolute atomic E-state index is 0.457. The lowest BCUT2D eigenvalue weighted by Crippen LogP contribution is -1.50. The van der Waals surface area contributed by atoms with Crippen molar-refractivity contribution in [3.05, 3.63) is 19.8 Å². The van der Waals surface area contributed by atoms with Crippen molar-refractivity contribution in [1.82, 2.24) is 0 Å². The van der Waals surface area contributed by atoms with Crippen LogP contribution < -0.4 is 0 Å². The Bertz CT molecular complexity index is 174. The molecule has 0 aliphatic carbocycles. The molecule has 0 saturated carbocycles. The molecule has 0 aromatic carbocycles. The van der Waals surface area contributed by atoms with E-state index >= 15 is 0 Å². The molecule has 4 heteroatoms. The molecule has 44 valence electrons. The smallest absolute Gasteiger partial charge is 0.113 e. The van der Waals surface area contributed by atoms with Gasteiger partial charge in [0, 0.05) is 5.38 Å². The molecule has 0 radical (unpaired) electrons. The Morgan fingerprint density at radius 2 is 1.88 bits per heavy atom. The third-order valence-corrected chi connectivity index (χ3v) is 2.99. The lowest BCUT2D eigenvalue weighted by atomic mass is 10.7. The number of hydrogen-bond acceptors (Lipinski definition) is 1. The van der Waals surface area contributed by atoms with Crippen molar-refractivity contribution in [3.63, 3.8) is 0 Å². The van der Waals surface area contributed by atoms with Crippen molar-refractivity contribution >= 4 is 46.1 Å². The molecular weight excluding hydrogens is 186 g/mol. The van der Waals surface area contributed by atoms with E-state index in [1.54, 1.807) is 5.38 Å². The Hall–Kier alpha value is 0.570. The lowest BCUT2D eigenvalue weighted by molar-refractivity contribution is 1.99. The molecule has 0 unspecified atom stereocenters. The molecule has 0 spiro atoms. The zero-order valence-corrected chi connectivity index (χ0v) is 6.70. The van der Waals surface area contributed by atoms with E-state index in [0.29, 0.717) is 14.4 Å². The molecule has 1 heterocycles. The Labute approximate surface area is 66.0 Å². The standard InChI is InChI=1S/C4HCl3S/c5-2-1-8-4(7)3(2)6/h1H. The highest BCUT2D eigenvalue weighted by Gasteiger charge is 2.02. The summed E-state index contributed by atoms with van der Waals surface area (Å²) in [5, 5.41) is 2.69. The van der Waals surface area contributed by atoms with Crippen LogP contribution in [0.15, 0.2) is 5.38 Å². The first-order chi connectivity index (χ1) is 3.72. The summed E-state index contributed by atoms with van der Waals surface area (Å²) in [6.45, 7) is 0. The Morgan fingerprint density at radius 1 is 1.25 bits per heavy atom. The third kappa shape index (κ3) is 1.11. The average Bonchev–Trinajstić information content (AvgIpc) is 1.98. The summed E-state index contributed by atoms with van der Waals surface area (Å²) in [6, 6.07) is 0. The van der Waals surface area contributed by atoms with Crippen LogP contribution in [0.4, 0.5) is 0 Å². The Morgan fingerprint density at radius 3 is 2.00 bits per heavy atom. The van der Waals surface area contributed by atoms with Gasteiger partial charge < -0.3 is 0 Å². The third-order valence-electron chi connectivity index (χ3n) is 0.648. The van der Waals surface area contributed by atoms with E-state index < -0.39 is 0 Å². The summed E-state index contributed by atoms with van der Waals surface area (Å²) >= 11 is 17.9. The maximum absolute atomic E-state index is 5.54. The van der Waals surface area contributed by atoms with Crippen LogP contribution in [0.3, 0.4) is 0 Å². The number of hydrogen-bond donors (Lipinski definition) is 0. The average molecular weight is 187 g/mol. The van der Waals surface area contributed by atoms with Gasteiger partial charge in [-0.25, -0.2) is 0 Å². The highest BCUT2D eigenvalue weighted by atomic mass is 35.5. The monoisotopic (exact) mass is 186 g/mol. The van der Waals surface area contributed by atoms with Gasteiger partial charge in [0.1, 0.15) is 4.34 Å². The van der Waals surface area contributed by atoms with Crippen LogP contribution in [0, 0.1) is 0 Å². The van der Waals surface area contributed by atoms with Gasteiger partial charge in [-0.1, -0.05) is 34.8 Å². The van der Waals surface area contributed by atoms with Crippen molar-refractivity contribution in [2.24, 2.45) is 0 Å². The molecule has 1 aromatic rings. The molecule has 1 aromatic heterocycles. The first kappa shape index (κ1) is 6.69. The fourth-order valence-electron chi connectivity index (χ4n) is 0.301. The second kappa shape index (κ2) is 2.44. The maximum Gasteiger partial charge on any atom is 0.113 e. The van der Waals surface area contributed by atoms with E-state index in [1.807, 2.05) is 0 Å². The molecule has 1 rings (SSSR count). The van der Waals surface area contributed by atoms with Crippen LogP contribution >= 0.6 is 46.1 Å². The first-order valence-corrected chi connectivity index (χ1v) is 3.81. The van der Waals surface area contributed by atoms with Crippen molar-refractivity contribution in [2.75, 3.05) is 0 Å². The highest BCUT2D eigenvalue weighted by molar-refractivity contribution is 7.15. The topological polar surface area (TPSA) is 0 Å². The minimum atomic E-state index is 0.457. The van der Waals surface area contributed by atoms with Gasteiger partial charge in [-0.2, -0.15) is 0 Å². The summed E-state index contributed by atoms with van der Waals surface area (Å²) in [6.07, 6.45) is 0. The van der Waals surface area contributed by atoms with E-state index in [1.165, 1.54) is 11.3 Å². The van der Waals surface area contributed by atoms with Gasteiger partial charge in [0.25, 0.3) is 0 Å². The molecule has 0 fully saturated rings. The van der Waals surface area contributed by atoms with E-state index in [9.17, 15) is 0 Å². The predicted molar refractivity (Wildman–Crippen MR) is 39.3 cm³/mol. The Kier molecular flexibility index (Phi) is 2.04. The lowest BCUT2D eigenvalue weighted by Gasteiger charge is -1.79. The van der Waals surface area contributed by atoms with Crippen LogP contribution in [-0.2, 0) is 0 Å². The largest absolute Gasteiger partial charge is 0.129 e. The van der Waals surface area contributed by atoms with Gasteiger partial charge in [0.2, 0.25) is 0 Å². The van der Waals surface area contributed by atoms with Crippen molar-refractivity contribution in [2.45, 2.75) is 0 Å². The minimum Gasteiger partial charge on any atom is -0.129 e. The zero-order chi connectivity index (χ0) is 6.15. The molecule has 8 heavy (non-hydrogen) atoms. The van der Waals surface area contributed by atoms with Gasteiger partial charge in [-0.15, -0.1) is 11.3 Å². The maximum atomic E-state index is 5.54. The fraction of sp³-hybridized carbons (Fsp3) is 0. The summed E-state index contributed by atoms with van der Waals surface area (Å²) in [7, 11) is 0. The molecule has 0 saturated heterocycles. The normalized spacial score (nSPS) is 9.88. The van der Waals surface area contributed by atoms with Gasteiger partial charge in [0.15, 0.2) is 0 Å². The van der Waals surface area contributed by atoms with Gasteiger partial charge in [-0.05, 0) is 0 Å². The molecule has 0 aliphatic rings. The quantitative estimate of drug-likeness (QED) is 0.581. The van der Waals surface area contributed by atoms with Crippen LogP contribution in [0.2, 0.25) is 14.4 Å². The molecule has 0 bridgehead atoms. The number of rotatable bonds is 0. The van der Waals surface area contributed by atoms with Crippen molar-refractivity contribution in [3.8, 4) is 0 Å². The molecule has 0 aliphatic heterocycles. The summed E-state index contributed by atoms with van der Waals surface area (Å²) in [5.74, 6) is 0. The molecule has 0 N–H and O–H groups in total. The summed E-state index contributed by atoms with van der Waals surface area (Å²) in [5.41, 5.74) is 0. The van der Waals surface area contributed by atoms with E-state index in [4.69, 9.17) is 34.8 Å². The SMILES string of the molecule is Clc1csc(Cl)c1Cl. The zero-order valence-electron chi connectivity index (χ0n) is 3.62. The van der Waals surface area contributed by atoms with E-state index in [-0.39, 0.29) is 0 Å². The van der Waals surface area contributed by atoms with Crippen LogP contribution in [-0.4, -0.2) is 0 Å². The molecule has 0 nitrogen and oxygen atoms in total. The summed E-state index contributed by atoms with van der Waals surface area (Å²) in [4.78, 5) is 0. The van der Waals surface area contributed by atoms with Crippen LogP contribution in [0.1, 0.15) is 0 Å². The van der Waals surface area contributed by atoms with E-state index in [0.717, 1.165) is 0 Å². The molecule has 0 atom stereocenters. The molecular formula is C4HCl3S. The van der Waals surface area contributed by atoms with Crippen molar-refractivity contribution in [1.29, 1.82) is 0 Å². The second-order valence-electron chi connectivity index (χ2n) is 1.17. The summed E-state index contributed by atoms with van der Waals surface area (Å²) < 4.78 is 0.552. The second-order valence-corrected chi connectivity index (χ2v) is 3.44. The van der Waals surface area contributed by atoms with Crippen LogP contribution in [0.25, 0.3) is 0 Å². The highest BCUT2D eigenvalue weighted by Crippen LogP contribution is 2.35. The van der Waals surface area contributed by atoms with Crippen LogP contribution in [0.5, 0.6) is 0 Å². The molecule has 0 amide bonds. The van der Waals surface area contributed by atoms with Gasteiger partial charge in [0.05, 0.1) is 10.0 Å². The van der Waals surface area contributed by atoms with Gasteiger partial charge in [-0.3, -0.25) is 0 Å². The number of thiophene rings is 1. The van der Waals surface area contributed by atoms with Gasteiger partial charge >= 0.3 is 0 Å². The van der Waals surface area contributed by atoms with Crippen molar-refractivity contribution < 1.29 is 0 Å². The first-order valence-electron chi connectivity index (χ1n) is 1.80.